The van der Waals surface area contributed by atoms with Gasteiger partial charge in [-0.3, -0.25) is 0 Å². The van der Waals surface area contributed by atoms with Gasteiger partial charge in [-0.1, -0.05) is 57.0 Å². The van der Waals surface area contributed by atoms with Gasteiger partial charge in [-0.25, -0.2) is 0 Å². The van der Waals surface area contributed by atoms with Gasteiger partial charge in [-0.2, -0.15) is 15.8 Å². The summed E-state index contributed by atoms with van der Waals surface area (Å²) in [5, 5.41) is 33.4. The lowest BCUT2D eigenvalue weighted by Crippen LogP contribution is -2.02. The number of rotatable bonds is 6. The lowest BCUT2D eigenvalue weighted by molar-refractivity contribution is 0.795. The summed E-state index contributed by atoms with van der Waals surface area (Å²) in [5.41, 5.74) is 3.08. The zero-order valence-electron chi connectivity index (χ0n) is 16.5. The third kappa shape index (κ3) is 3.19. The second-order valence-corrected chi connectivity index (χ2v) is 7.15. The molecule has 0 aromatic heterocycles. The van der Waals surface area contributed by atoms with Gasteiger partial charge in [0.2, 0.25) is 0 Å². The topological polar surface area (TPSA) is 71.4 Å². The molecule has 3 aromatic rings. The van der Waals surface area contributed by atoms with Crippen molar-refractivity contribution in [3.05, 3.63) is 58.1 Å². The lowest BCUT2D eigenvalue weighted by Gasteiger charge is -2.17. The van der Waals surface area contributed by atoms with Crippen molar-refractivity contribution >= 4 is 21.5 Å². The third-order valence-electron chi connectivity index (χ3n) is 5.42. The van der Waals surface area contributed by atoms with Crippen molar-refractivity contribution in [3.8, 4) is 18.2 Å². The second-order valence-electron chi connectivity index (χ2n) is 7.15. The molecule has 3 rings (SSSR count). The van der Waals surface area contributed by atoms with E-state index in [2.05, 4.69) is 50.3 Å². The molecule has 3 aromatic carbocycles. The van der Waals surface area contributed by atoms with Crippen molar-refractivity contribution in [2.45, 2.75) is 52.4 Å². The van der Waals surface area contributed by atoms with E-state index in [4.69, 9.17) is 0 Å². The maximum atomic E-state index is 9.88. The molecule has 0 saturated carbocycles. The average molecular weight is 365 g/mol. The molecule has 0 fully saturated rings. The van der Waals surface area contributed by atoms with E-state index in [1.165, 1.54) is 5.56 Å². The second kappa shape index (κ2) is 8.56. The van der Waals surface area contributed by atoms with Crippen LogP contribution in [0.15, 0.2) is 30.3 Å². The number of benzene rings is 3. The Kier molecular flexibility index (Phi) is 5.93. The number of hydrogen-bond donors (Lipinski definition) is 0. The molecule has 0 saturated heterocycles. The molecule has 0 radical (unpaired) electrons. The van der Waals surface area contributed by atoms with Crippen LogP contribution in [0.5, 0.6) is 0 Å². The first-order valence-corrected chi connectivity index (χ1v) is 9.95. The molecule has 0 aliphatic rings. The van der Waals surface area contributed by atoms with Gasteiger partial charge < -0.3 is 0 Å². The summed E-state index contributed by atoms with van der Waals surface area (Å²) in [6.07, 6.45) is 5.83. The van der Waals surface area contributed by atoms with E-state index in [0.717, 1.165) is 65.6 Å². The summed E-state index contributed by atoms with van der Waals surface area (Å²) in [7, 11) is 0. The number of nitriles is 3. The molecule has 0 heterocycles. The molecule has 0 amide bonds. The number of aryl methyl sites for hydroxylation is 2. The predicted molar refractivity (Wildman–Crippen MR) is 113 cm³/mol. The zero-order valence-corrected chi connectivity index (χ0v) is 16.5. The maximum Gasteiger partial charge on any atom is 0.102 e. The summed E-state index contributed by atoms with van der Waals surface area (Å²) in [5.74, 6) is 0. The van der Waals surface area contributed by atoms with Gasteiger partial charge >= 0.3 is 0 Å². The number of unbranched alkanes of at least 4 members (excludes halogenated alkanes) is 2. The molecule has 3 heteroatoms. The normalized spacial score (nSPS) is 10.5. The summed E-state index contributed by atoms with van der Waals surface area (Å²) in [4.78, 5) is 0. The molecule has 0 unspecified atom stereocenters. The van der Waals surface area contributed by atoms with Crippen LogP contribution >= 0.6 is 0 Å². The third-order valence-corrected chi connectivity index (χ3v) is 5.42. The number of nitrogens with zero attached hydrogens (tertiary/aromatic N) is 3. The van der Waals surface area contributed by atoms with E-state index in [9.17, 15) is 15.8 Å². The Balaban J connectivity index is 2.57. The van der Waals surface area contributed by atoms with Crippen molar-refractivity contribution in [3.63, 3.8) is 0 Å². The van der Waals surface area contributed by atoms with Crippen LogP contribution in [0.4, 0.5) is 0 Å². The van der Waals surface area contributed by atoms with Crippen molar-refractivity contribution < 1.29 is 0 Å². The highest BCUT2D eigenvalue weighted by atomic mass is 14.3. The molecule has 0 aliphatic heterocycles. The first kappa shape index (κ1) is 19.4. The van der Waals surface area contributed by atoms with E-state index in [0.29, 0.717) is 11.1 Å². The van der Waals surface area contributed by atoms with Crippen LogP contribution in [0.1, 0.15) is 67.3 Å². The Morgan fingerprint density at radius 3 is 2.04 bits per heavy atom. The van der Waals surface area contributed by atoms with E-state index in [1.807, 2.05) is 12.1 Å². The van der Waals surface area contributed by atoms with E-state index < -0.39 is 0 Å². The van der Waals surface area contributed by atoms with Crippen LogP contribution in [0, 0.1) is 34.0 Å². The van der Waals surface area contributed by atoms with E-state index in [1.54, 1.807) is 0 Å². The number of hydrogen-bond acceptors (Lipinski definition) is 3. The average Bonchev–Trinajstić information content (AvgIpc) is 2.74. The molecule has 0 spiro atoms. The van der Waals surface area contributed by atoms with E-state index in [-0.39, 0.29) is 5.56 Å². The Morgan fingerprint density at radius 2 is 1.39 bits per heavy atom. The molecule has 138 valence electrons. The van der Waals surface area contributed by atoms with Gasteiger partial charge in [0.15, 0.2) is 0 Å². The SMILES string of the molecule is CCCCc1cccc2ccc3c(C#N)c(C#N)c(C#N)c(CCCC)c3c12. The molecule has 0 atom stereocenters. The van der Waals surface area contributed by atoms with Crippen molar-refractivity contribution in [1.29, 1.82) is 15.8 Å². The molecular weight excluding hydrogens is 342 g/mol. The van der Waals surface area contributed by atoms with Crippen molar-refractivity contribution in [2.24, 2.45) is 0 Å². The quantitative estimate of drug-likeness (QED) is 0.482. The van der Waals surface area contributed by atoms with Crippen LogP contribution in [0.3, 0.4) is 0 Å². The fraction of sp³-hybridized carbons (Fsp3) is 0.320. The van der Waals surface area contributed by atoms with Crippen LogP contribution < -0.4 is 0 Å². The first-order valence-electron chi connectivity index (χ1n) is 9.95. The Morgan fingerprint density at radius 1 is 0.714 bits per heavy atom. The minimum Gasteiger partial charge on any atom is -0.192 e. The summed E-state index contributed by atoms with van der Waals surface area (Å²) in [6.45, 7) is 4.30. The van der Waals surface area contributed by atoms with Gasteiger partial charge in [0.25, 0.3) is 0 Å². The van der Waals surface area contributed by atoms with Crippen molar-refractivity contribution in [1.82, 2.24) is 0 Å². The fourth-order valence-corrected chi connectivity index (χ4v) is 4.04. The highest BCUT2D eigenvalue weighted by molar-refractivity contribution is 6.13. The summed E-state index contributed by atoms with van der Waals surface area (Å²) in [6, 6.07) is 16.9. The Labute approximate surface area is 166 Å². The maximum absolute atomic E-state index is 9.88. The summed E-state index contributed by atoms with van der Waals surface area (Å²) >= 11 is 0. The van der Waals surface area contributed by atoms with Crippen LogP contribution in [0.25, 0.3) is 21.5 Å². The van der Waals surface area contributed by atoms with Crippen LogP contribution in [-0.4, -0.2) is 0 Å². The van der Waals surface area contributed by atoms with Gasteiger partial charge in [0, 0.05) is 5.39 Å². The molecule has 0 N–H and O–H groups in total. The van der Waals surface area contributed by atoms with Gasteiger partial charge in [0.05, 0.1) is 16.7 Å². The highest BCUT2D eigenvalue weighted by Crippen LogP contribution is 2.37. The lowest BCUT2D eigenvalue weighted by atomic mass is 9.84. The molecule has 0 aliphatic carbocycles. The van der Waals surface area contributed by atoms with Gasteiger partial charge in [-0.15, -0.1) is 0 Å². The van der Waals surface area contributed by atoms with Crippen molar-refractivity contribution in [2.75, 3.05) is 0 Å². The monoisotopic (exact) mass is 365 g/mol. The predicted octanol–water partition coefficient (Wildman–Crippen LogP) is 6.29. The van der Waals surface area contributed by atoms with Gasteiger partial charge in [0.1, 0.15) is 18.2 Å². The van der Waals surface area contributed by atoms with Gasteiger partial charge in [-0.05, 0) is 53.0 Å². The fourth-order valence-electron chi connectivity index (χ4n) is 4.04. The minimum absolute atomic E-state index is 0.217. The van der Waals surface area contributed by atoms with Crippen LogP contribution in [0.2, 0.25) is 0 Å². The Hall–Kier alpha value is -3.35. The highest BCUT2D eigenvalue weighted by Gasteiger charge is 2.21. The minimum atomic E-state index is 0.217. The number of fused-ring (bicyclic) bond motifs is 3. The van der Waals surface area contributed by atoms with E-state index >= 15 is 0 Å². The largest absolute Gasteiger partial charge is 0.192 e. The molecule has 0 bridgehead atoms. The molecule has 3 nitrogen and oxygen atoms in total. The summed E-state index contributed by atoms with van der Waals surface area (Å²) < 4.78 is 0. The van der Waals surface area contributed by atoms with Crippen LogP contribution in [-0.2, 0) is 12.8 Å². The molecule has 28 heavy (non-hydrogen) atoms. The zero-order chi connectivity index (χ0) is 20.1. The Bertz CT molecular complexity index is 1170. The smallest absolute Gasteiger partial charge is 0.102 e. The standard InChI is InChI=1S/C25H23N3/c1-3-5-8-17-9-7-10-18-12-13-20-22(15-27)23(16-28)21(14-26)19(11-6-4-2)25(20)24(17)18/h7,9-10,12-13H,3-6,8,11H2,1-2H3. The molecular formula is C25H23N3. The first-order chi connectivity index (χ1) is 13.7.